The van der Waals surface area contributed by atoms with Crippen molar-refractivity contribution < 1.29 is 19.5 Å². The van der Waals surface area contributed by atoms with Gasteiger partial charge in [0.2, 0.25) is 0 Å². The van der Waals surface area contributed by atoms with E-state index in [0.717, 1.165) is 11.0 Å². The summed E-state index contributed by atoms with van der Waals surface area (Å²) in [4.78, 5) is 33.7. The van der Waals surface area contributed by atoms with Crippen molar-refractivity contribution in [1.29, 1.82) is 0 Å². The molecule has 0 atom stereocenters. The van der Waals surface area contributed by atoms with Gasteiger partial charge in [-0.05, 0) is 30.5 Å². The number of hydrogen-bond acceptors (Lipinski definition) is 4. The number of carbonyl (C=O) groups excluding carboxylic acids is 2. The van der Waals surface area contributed by atoms with E-state index in [2.05, 4.69) is 5.32 Å². The minimum atomic E-state index is -1.26. The van der Waals surface area contributed by atoms with Crippen molar-refractivity contribution in [2.75, 3.05) is 11.6 Å². The lowest BCUT2D eigenvalue weighted by molar-refractivity contribution is -0.131. The topological polar surface area (TPSA) is 95.5 Å². The number of hydrogen-bond donors (Lipinski definition) is 3. The fourth-order valence-corrected chi connectivity index (χ4v) is 1.55. The number of anilines is 1. The van der Waals surface area contributed by atoms with Gasteiger partial charge in [-0.25, -0.2) is 9.59 Å². The van der Waals surface area contributed by atoms with E-state index in [1.807, 2.05) is 23.7 Å². The second-order valence-electron chi connectivity index (χ2n) is 3.34. The number of carboxylic acid groups (broad SMARTS) is 1. The summed E-state index contributed by atoms with van der Waals surface area (Å²) in [5.41, 5.74) is 0.533. The molecule has 0 aromatic heterocycles. The quantitative estimate of drug-likeness (QED) is 0.576. The van der Waals surface area contributed by atoms with Crippen LogP contribution in [-0.2, 0) is 9.59 Å². The molecule has 0 saturated heterocycles. The lowest BCUT2D eigenvalue weighted by atomic mass is 10.3. The van der Waals surface area contributed by atoms with E-state index in [1.54, 1.807) is 23.9 Å². The standard InChI is InChI=1S/C12H12N2O4S/c1-19-9-4-2-8(3-5-9)13-12(18)14-10(15)6-7-11(16)17/h2-7H,1H3,(H,16,17)(H2,13,14,15,18)/b7-6+. The molecule has 0 fully saturated rings. The number of carboxylic acids is 1. The highest BCUT2D eigenvalue weighted by molar-refractivity contribution is 7.98. The zero-order valence-electron chi connectivity index (χ0n) is 10.0. The number of aliphatic carboxylic acids is 1. The number of rotatable bonds is 4. The van der Waals surface area contributed by atoms with Gasteiger partial charge in [0.25, 0.3) is 5.91 Å². The van der Waals surface area contributed by atoms with Gasteiger partial charge in [-0.1, -0.05) is 0 Å². The second-order valence-corrected chi connectivity index (χ2v) is 4.22. The molecule has 0 spiro atoms. The Morgan fingerprint density at radius 2 is 1.79 bits per heavy atom. The summed E-state index contributed by atoms with van der Waals surface area (Å²) in [5.74, 6) is -2.07. The number of thioether (sulfide) groups is 1. The maximum absolute atomic E-state index is 11.4. The molecule has 0 saturated carbocycles. The van der Waals surface area contributed by atoms with Crippen molar-refractivity contribution in [3.63, 3.8) is 0 Å². The van der Waals surface area contributed by atoms with Gasteiger partial charge in [-0.2, -0.15) is 0 Å². The Balaban J connectivity index is 2.50. The second kappa shape index (κ2) is 7.22. The molecule has 1 aromatic rings. The van der Waals surface area contributed by atoms with Crippen LogP contribution in [0.3, 0.4) is 0 Å². The summed E-state index contributed by atoms with van der Waals surface area (Å²) < 4.78 is 0. The van der Waals surface area contributed by atoms with Gasteiger partial charge in [0.05, 0.1) is 0 Å². The van der Waals surface area contributed by atoms with Crippen molar-refractivity contribution >= 4 is 35.4 Å². The average molecular weight is 280 g/mol. The first kappa shape index (κ1) is 14.8. The first-order chi connectivity index (χ1) is 9.01. The van der Waals surface area contributed by atoms with Crippen molar-refractivity contribution in [2.24, 2.45) is 0 Å². The van der Waals surface area contributed by atoms with E-state index in [9.17, 15) is 14.4 Å². The monoisotopic (exact) mass is 280 g/mol. The van der Waals surface area contributed by atoms with Crippen molar-refractivity contribution in [1.82, 2.24) is 5.32 Å². The smallest absolute Gasteiger partial charge is 0.328 e. The molecule has 1 rings (SSSR count). The van der Waals surface area contributed by atoms with E-state index in [4.69, 9.17) is 5.11 Å². The highest BCUT2D eigenvalue weighted by Crippen LogP contribution is 2.17. The molecular formula is C12H12N2O4S. The van der Waals surface area contributed by atoms with Crippen molar-refractivity contribution in [2.45, 2.75) is 4.90 Å². The average Bonchev–Trinajstić information content (AvgIpc) is 2.37. The summed E-state index contributed by atoms with van der Waals surface area (Å²) in [7, 11) is 0. The van der Waals surface area contributed by atoms with Crippen LogP contribution in [0.15, 0.2) is 41.3 Å². The number of urea groups is 1. The van der Waals surface area contributed by atoms with E-state index >= 15 is 0 Å². The lowest BCUT2D eigenvalue weighted by Crippen LogP contribution is -2.33. The fraction of sp³-hybridized carbons (Fsp3) is 0.0833. The Hall–Kier alpha value is -2.28. The Bertz CT molecular complexity index is 511. The first-order valence-electron chi connectivity index (χ1n) is 5.18. The Labute approximate surface area is 113 Å². The van der Waals surface area contributed by atoms with E-state index in [0.29, 0.717) is 11.8 Å². The molecular weight excluding hydrogens is 268 g/mol. The molecule has 3 amide bonds. The van der Waals surface area contributed by atoms with E-state index < -0.39 is 17.9 Å². The normalized spacial score (nSPS) is 10.2. The van der Waals surface area contributed by atoms with Gasteiger partial charge >= 0.3 is 12.0 Å². The third-order valence-corrected chi connectivity index (χ3v) is 2.71. The number of benzene rings is 1. The summed E-state index contributed by atoms with van der Waals surface area (Å²) in [5, 5.41) is 12.7. The number of amides is 3. The maximum atomic E-state index is 11.4. The molecule has 100 valence electrons. The summed E-state index contributed by atoms with van der Waals surface area (Å²) >= 11 is 1.57. The molecule has 0 aliphatic rings. The molecule has 7 heteroatoms. The molecule has 19 heavy (non-hydrogen) atoms. The predicted octanol–water partition coefficient (Wildman–Crippen LogP) is 1.70. The van der Waals surface area contributed by atoms with Crippen LogP contribution in [0.2, 0.25) is 0 Å². The molecule has 0 unspecified atom stereocenters. The Morgan fingerprint density at radius 3 is 2.32 bits per heavy atom. The minimum Gasteiger partial charge on any atom is -0.478 e. The zero-order valence-corrected chi connectivity index (χ0v) is 10.9. The third-order valence-electron chi connectivity index (χ3n) is 1.96. The van der Waals surface area contributed by atoms with Crippen LogP contribution in [0.4, 0.5) is 10.5 Å². The molecule has 0 radical (unpaired) electrons. The van der Waals surface area contributed by atoms with Gasteiger partial charge in [0.15, 0.2) is 0 Å². The van der Waals surface area contributed by atoms with Crippen LogP contribution in [-0.4, -0.2) is 29.3 Å². The van der Waals surface area contributed by atoms with Crippen LogP contribution in [0.5, 0.6) is 0 Å². The molecule has 0 aliphatic heterocycles. The van der Waals surface area contributed by atoms with Gasteiger partial charge in [-0.3, -0.25) is 10.1 Å². The highest BCUT2D eigenvalue weighted by Gasteiger charge is 2.05. The molecule has 0 aliphatic carbocycles. The maximum Gasteiger partial charge on any atom is 0.328 e. The number of imide groups is 1. The van der Waals surface area contributed by atoms with Crippen LogP contribution in [0, 0.1) is 0 Å². The minimum absolute atomic E-state index is 0.533. The van der Waals surface area contributed by atoms with Gasteiger partial charge in [0, 0.05) is 22.7 Å². The van der Waals surface area contributed by atoms with Gasteiger partial charge in [0.1, 0.15) is 0 Å². The SMILES string of the molecule is CSc1ccc(NC(=O)NC(=O)/C=C/C(=O)O)cc1. The molecule has 6 nitrogen and oxygen atoms in total. The van der Waals surface area contributed by atoms with E-state index in [-0.39, 0.29) is 0 Å². The van der Waals surface area contributed by atoms with Crippen molar-refractivity contribution in [3.05, 3.63) is 36.4 Å². The summed E-state index contributed by atoms with van der Waals surface area (Å²) in [6.07, 6.45) is 3.34. The molecule has 0 bridgehead atoms. The van der Waals surface area contributed by atoms with Gasteiger partial charge in [-0.15, -0.1) is 11.8 Å². The summed E-state index contributed by atoms with van der Waals surface area (Å²) in [6, 6.07) is 6.32. The van der Waals surface area contributed by atoms with Crippen LogP contribution < -0.4 is 10.6 Å². The van der Waals surface area contributed by atoms with Crippen LogP contribution in [0.1, 0.15) is 0 Å². The molecule has 0 heterocycles. The van der Waals surface area contributed by atoms with Crippen LogP contribution >= 0.6 is 11.8 Å². The zero-order chi connectivity index (χ0) is 14.3. The van der Waals surface area contributed by atoms with E-state index in [1.165, 1.54) is 0 Å². The first-order valence-corrected chi connectivity index (χ1v) is 6.41. The van der Waals surface area contributed by atoms with Gasteiger partial charge < -0.3 is 10.4 Å². The highest BCUT2D eigenvalue weighted by atomic mass is 32.2. The Morgan fingerprint density at radius 1 is 1.16 bits per heavy atom. The third kappa shape index (κ3) is 5.73. The number of nitrogens with one attached hydrogen (secondary N) is 2. The number of carbonyl (C=O) groups is 3. The fourth-order valence-electron chi connectivity index (χ4n) is 1.14. The lowest BCUT2D eigenvalue weighted by Gasteiger charge is -2.05. The predicted molar refractivity (Wildman–Crippen MR) is 72.2 cm³/mol. The molecule has 1 aromatic carbocycles. The van der Waals surface area contributed by atoms with Crippen molar-refractivity contribution in [3.8, 4) is 0 Å². The summed E-state index contributed by atoms with van der Waals surface area (Å²) in [6.45, 7) is 0. The molecule has 3 N–H and O–H groups in total. The largest absolute Gasteiger partial charge is 0.478 e. The Kier molecular flexibility index (Phi) is 5.62. The van der Waals surface area contributed by atoms with Crippen LogP contribution in [0.25, 0.3) is 0 Å².